The Kier molecular flexibility index (Phi) is 7.65. The molecule has 1 aromatic heterocycles. The minimum Gasteiger partial charge on any atom is -0.482 e. The third kappa shape index (κ3) is 6.57. The quantitative estimate of drug-likeness (QED) is 0.452. The summed E-state index contributed by atoms with van der Waals surface area (Å²) in [6.45, 7) is 4.22. The molecule has 0 saturated heterocycles. The Labute approximate surface area is 201 Å². The van der Waals surface area contributed by atoms with Gasteiger partial charge in [-0.05, 0) is 61.2 Å². The Hall–Kier alpha value is -3.46. The van der Waals surface area contributed by atoms with Gasteiger partial charge >= 0.3 is 12.1 Å². The highest BCUT2D eigenvalue weighted by molar-refractivity contribution is 5.71. The van der Waals surface area contributed by atoms with Gasteiger partial charge in [-0.25, -0.2) is 14.8 Å². The number of rotatable bonds is 7. The zero-order valence-corrected chi connectivity index (χ0v) is 19.3. The van der Waals surface area contributed by atoms with Crippen LogP contribution >= 0.6 is 0 Å². The summed E-state index contributed by atoms with van der Waals surface area (Å²) in [7, 11) is 0. The summed E-state index contributed by atoms with van der Waals surface area (Å²) in [5, 5.41) is 0. The number of benzene rings is 2. The van der Waals surface area contributed by atoms with Crippen molar-refractivity contribution in [3.63, 3.8) is 0 Å². The van der Waals surface area contributed by atoms with Crippen LogP contribution in [0.25, 0.3) is 11.4 Å². The van der Waals surface area contributed by atoms with Crippen molar-refractivity contribution in [3.05, 3.63) is 77.1 Å². The lowest BCUT2D eigenvalue weighted by Crippen LogP contribution is -2.26. The zero-order valence-electron chi connectivity index (χ0n) is 19.3. The predicted octanol–water partition coefficient (Wildman–Crippen LogP) is 4.71. The Morgan fingerprint density at radius 1 is 1.03 bits per heavy atom. The molecule has 3 aromatic rings. The van der Waals surface area contributed by atoms with E-state index in [1.165, 1.54) is 23.3 Å². The summed E-state index contributed by atoms with van der Waals surface area (Å²) in [5.74, 6) is 0.647. The number of hydrogen-bond donors (Lipinski definition) is 0. The van der Waals surface area contributed by atoms with Gasteiger partial charge < -0.3 is 9.47 Å². The van der Waals surface area contributed by atoms with Crippen molar-refractivity contribution in [2.24, 2.45) is 0 Å². The van der Waals surface area contributed by atoms with Crippen molar-refractivity contribution < 1.29 is 27.4 Å². The Balaban J connectivity index is 1.38. The molecule has 0 N–H and O–H groups in total. The topological polar surface area (TPSA) is 64.6 Å². The van der Waals surface area contributed by atoms with Crippen molar-refractivity contribution in [1.29, 1.82) is 0 Å². The summed E-state index contributed by atoms with van der Waals surface area (Å²) in [6, 6.07) is 12.6. The molecule has 6 nitrogen and oxygen atoms in total. The molecule has 2 aromatic carbocycles. The first-order valence-electron chi connectivity index (χ1n) is 11.4. The lowest BCUT2D eigenvalue weighted by atomic mass is 10.0. The van der Waals surface area contributed by atoms with E-state index in [9.17, 15) is 18.0 Å². The lowest BCUT2D eigenvalue weighted by Gasteiger charge is -2.19. The van der Waals surface area contributed by atoms with Gasteiger partial charge in [-0.15, -0.1) is 0 Å². The SMILES string of the molecule is CCOC(=O)COc1ccc2c(c1)CCN(Cc1ccnc(-c3ccc(C(F)(F)F)cc3)n1)CC2. The summed E-state index contributed by atoms with van der Waals surface area (Å²) in [5.41, 5.74) is 3.07. The smallest absolute Gasteiger partial charge is 0.416 e. The number of carbonyl (C=O) groups is 1. The average molecular weight is 486 g/mol. The third-order valence-electron chi connectivity index (χ3n) is 5.80. The molecule has 0 fully saturated rings. The van der Waals surface area contributed by atoms with E-state index in [1.807, 2.05) is 24.3 Å². The standard InChI is InChI=1S/C26H26F3N3O3/c1-2-34-24(33)17-35-23-8-5-18-10-13-32(14-11-20(18)15-23)16-22-9-12-30-25(31-22)19-3-6-21(7-4-19)26(27,28)29/h3-9,12,15H,2,10-11,13-14,16-17H2,1H3. The number of hydrogen-bond acceptors (Lipinski definition) is 6. The second-order valence-corrected chi connectivity index (χ2v) is 8.25. The van der Waals surface area contributed by atoms with E-state index in [0.717, 1.165) is 43.8 Å². The molecule has 1 aliphatic heterocycles. The largest absolute Gasteiger partial charge is 0.482 e. The zero-order chi connectivity index (χ0) is 24.8. The van der Waals surface area contributed by atoms with Gasteiger partial charge in [0.05, 0.1) is 17.9 Å². The average Bonchev–Trinajstić information content (AvgIpc) is 3.04. The summed E-state index contributed by atoms with van der Waals surface area (Å²) in [6.07, 6.45) is -1.05. The normalized spacial score (nSPS) is 14.2. The molecule has 0 aliphatic carbocycles. The van der Waals surface area contributed by atoms with E-state index in [-0.39, 0.29) is 6.61 Å². The molecule has 0 spiro atoms. The van der Waals surface area contributed by atoms with Gasteiger partial charge in [0.2, 0.25) is 0 Å². The molecule has 0 atom stereocenters. The minimum atomic E-state index is -4.38. The van der Waals surface area contributed by atoms with Crippen LogP contribution in [0.15, 0.2) is 54.7 Å². The molecule has 0 amide bonds. The molecule has 0 radical (unpaired) electrons. The molecule has 0 unspecified atom stereocenters. The van der Waals surface area contributed by atoms with E-state index in [0.29, 0.717) is 30.3 Å². The predicted molar refractivity (Wildman–Crippen MR) is 124 cm³/mol. The highest BCUT2D eigenvalue weighted by atomic mass is 19.4. The highest BCUT2D eigenvalue weighted by Gasteiger charge is 2.30. The van der Waals surface area contributed by atoms with Gasteiger partial charge in [-0.2, -0.15) is 13.2 Å². The maximum absolute atomic E-state index is 12.8. The first-order chi connectivity index (χ1) is 16.8. The van der Waals surface area contributed by atoms with Crippen LogP contribution in [-0.4, -0.2) is 47.1 Å². The highest BCUT2D eigenvalue weighted by Crippen LogP contribution is 2.30. The second kappa shape index (κ2) is 10.9. The fourth-order valence-corrected chi connectivity index (χ4v) is 4.00. The molecule has 4 rings (SSSR count). The van der Waals surface area contributed by atoms with Crippen LogP contribution in [0.3, 0.4) is 0 Å². The fraction of sp³-hybridized carbons (Fsp3) is 0.346. The van der Waals surface area contributed by atoms with Gasteiger partial charge in [0.1, 0.15) is 5.75 Å². The van der Waals surface area contributed by atoms with Crippen molar-refractivity contribution in [2.75, 3.05) is 26.3 Å². The van der Waals surface area contributed by atoms with E-state index < -0.39 is 17.7 Å². The number of alkyl halides is 3. The molecule has 1 aliphatic rings. The monoisotopic (exact) mass is 485 g/mol. The Morgan fingerprint density at radius 2 is 1.77 bits per heavy atom. The molecular weight excluding hydrogens is 459 g/mol. The maximum Gasteiger partial charge on any atom is 0.416 e. The number of esters is 1. The number of fused-ring (bicyclic) bond motifs is 1. The second-order valence-electron chi connectivity index (χ2n) is 8.25. The van der Waals surface area contributed by atoms with Crippen LogP contribution in [0.2, 0.25) is 0 Å². The van der Waals surface area contributed by atoms with Crippen LogP contribution in [0.1, 0.15) is 29.3 Å². The van der Waals surface area contributed by atoms with Gasteiger partial charge in [0.25, 0.3) is 0 Å². The van der Waals surface area contributed by atoms with Crippen molar-refractivity contribution >= 4 is 5.97 Å². The minimum absolute atomic E-state index is 0.117. The summed E-state index contributed by atoms with van der Waals surface area (Å²) >= 11 is 0. The van der Waals surface area contributed by atoms with Crippen LogP contribution < -0.4 is 4.74 Å². The Morgan fingerprint density at radius 3 is 2.49 bits per heavy atom. The number of ether oxygens (including phenoxy) is 2. The van der Waals surface area contributed by atoms with Gasteiger partial charge in [0.15, 0.2) is 12.4 Å². The van der Waals surface area contributed by atoms with Crippen molar-refractivity contribution in [2.45, 2.75) is 32.5 Å². The molecule has 9 heteroatoms. The van der Waals surface area contributed by atoms with Crippen molar-refractivity contribution in [3.8, 4) is 17.1 Å². The molecule has 0 saturated carbocycles. The first-order valence-corrected chi connectivity index (χ1v) is 11.4. The van der Waals surface area contributed by atoms with Crippen LogP contribution in [0.4, 0.5) is 13.2 Å². The van der Waals surface area contributed by atoms with Gasteiger partial charge in [-0.3, -0.25) is 4.90 Å². The molecule has 184 valence electrons. The lowest BCUT2D eigenvalue weighted by molar-refractivity contribution is -0.145. The van der Waals surface area contributed by atoms with Crippen molar-refractivity contribution in [1.82, 2.24) is 14.9 Å². The van der Waals surface area contributed by atoms with Crippen LogP contribution in [0.5, 0.6) is 5.75 Å². The summed E-state index contributed by atoms with van der Waals surface area (Å²) in [4.78, 5) is 22.6. The summed E-state index contributed by atoms with van der Waals surface area (Å²) < 4.78 is 49.0. The van der Waals surface area contributed by atoms with E-state index in [2.05, 4.69) is 14.9 Å². The number of carbonyl (C=O) groups excluding carboxylic acids is 1. The number of halogens is 3. The Bertz CT molecular complexity index is 1170. The molecular formula is C26H26F3N3O3. The molecule has 0 bridgehead atoms. The van der Waals surface area contributed by atoms with E-state index in [4.69, 9.17) is 9.47 Å². The maximum atomic E-state index is 12.8. The van der Waals surface area contributed by atoms with Crippen LogP contribution in [-0.2, 0) is 35.1 Å². The number of nitrogens with zero attached hydrogens (tertiary/aromatic N) is 3. The van der Waals surface area contributed by atoms with E-state index >= 15 is 0 Å². The number of aromatic nitrogens is 2. The fourth-order valence-electron chi connectivity index (χ4n) is 4.00. The van der Waals surface area contributed by atoms with Crippen LogP contribution in [0, 0.1) is 0 Å². The molecule has 35 heavy (non-hydrogen) atoms. The van der Waals surface area contributed by atoms with Gasteiger partial charge in [0, 0.05) is 31.4 Å². The third-order valence-corrected chi connectivity index (χ3v) is 5.80. The van der Waals surface area contributed by atoms with Gasteiger partial charge in [-0.1, -0.05) is 18.2 Å². The first kappa shape index (κ1) is 24.7. The molecule has 2 heterocycles. The van der Waals surface area contributed by atoms with E-state index in [1.54, 1.807) is 13.1 Å².